The molecule has 0 saturated heterocycles. The lowest BCUT2D eigenvalue weighted by Crippen LogP contribution is -1.82. The molecule has 1 nitrogen and oxygen atoms in total. The first kappa shape index (κ1) is 21.4. The maximum absolute atomic E-state index is 6.67. The third-order valence-electron chi connectivity index (χ3n) is 7.12. The minimum absolute atomic E-state index is 0.859. The van der Waals surface area contributed by atoms with Crippen molar-refractivity contribution in [1.29, 1.82) is 0 Å². The van der Waals surface area contributed by atoms with Gasteiger partial charge in [-0.2, -0.15) is 0 Å². The summed E-state index contributed by atoms with van der Waals surface area (Å²) in [5.74, 6) is 0. The Kier molecular flexibility index (Phi) is 5.19. The van der Waals surface area contributed by atoms with Crippen LogP contribution in [0.1, 0.15) is 0 Å². The third kappa shape index (κ3) is 3.82. The van der Waals surface area contributed by atoms with Gasteiger partial charge in [-0.3, -0.25) is 0 Å². The molecule has 0 atom stereocenters. The topological polar surface area (TPSA) is 13.1 Å². The van der Waals surface area contributed by atoms with Crippen LogP contribution in [0.5, 0.6) is 0 Å². The number of para-hydroxylation sites is 2. The van der Waals surface area contributed by atoms with E-state index >= 15 is 0 Å². The molecule has 0 amide bonds. The van der Waals surface area contributed by atoms with Gasteiger partial charge in [0.2, 0.25) is 0 Å². The van der Waals surface area contributed by atoms with Gasteiger partial charge >= 0.3 is 0 Å². The summed E-state index contributed by atoms with van der Waals surface area (Å²) in [5.41, 5.74) is 6.50. The van der Waals surface area contributed by atoms with Gasteiger partial charge in [-0.15, -0.1) is 0 Å². The van der Waals surface area contributed by atoms with Gasteiger partial charge in [0.25, 0.3) is 0 Å². The van der Waals surface area contributed by atoms with E-state index in [0.717, 1.165) is 21.9 Å². The van der Waals surface area contributed by atoms with E-state index in [2.05, 4.69) is 133 Å². The van der Waals surface area contributed by atoms with Gasteiger partial charge in [0.05, 0.1) is 0 Å². The van der Waals surface area contributed by atoms with Gasteiger partial charge in [0.15, 0.2) is 0 Å². The Balaban J connectivity index is 1.71. The Hall–Kier alpha value is -4.88. The first-order chi connectivity index (χ1) is 18.3. The van der Waals surface area contributed by atoms with Crippen LogP contribution >= 0.6 is 0 Å². The minimum Gasteiger partial charge on any atom is -0.456 e. The fourth-order valence-electron chi connectivity index (χ4n) is 5.30. The second-order valence-corrected chi connectivity index (χ2v) is 9.35. The van der Waals surface area contributed by atoms with E-state index in [0.29, 0.717) is 0 Å². The van der Waals surface area contributed by atoms with Crippen molar-refractivity contribution in [2.45, 2.75) is 0 Å². The summed E-state index contributed by atoms with van der Waals surface area (Å²) in [4.78, 5) is 0. The van der Waals surface area contributed by atoms with Gasteiger partial charge in [0, 0.05) is 10.8 Å². The molecule has 1 heteroatoms. The largest absolute Gasteiger partial charge is 0.456 e. The Morgan fingerprint density at radius 2 is 0.676 bits per heavy atom. The van der Waals surface area contributed by atoms with Crippen LogP contribution in [0, 0.1) is 0 Å². The Labute approximate surface area is 215 Å². The summed E-state index contributed by atoms with van der Waals surface area (Å²) >= 11 is 0. The molecule has 0 saturated carbocycles. The van der Waals surface area contributed by atoms with Gasteiger partial charge in [0.1, 0.15) is 11.2 Å². The van der Waals surface area contributed by atoms with Gasteiger partial charge < -0.3 is 4.42 Å². The maximum Gasteiger partial charge on any atom is 0.135 e. The lowest BCUT2D eigenvalue weighted by molar-refractivity contribution is 0.663. The molecule has 37 heavy (non-hydrogen) atoms. The molecule has 0 aliphatic rings. The predicted octanol–water partition coefficient (Wildman–Crippen LogP) is 10.4. The second kappa shape index (κ2) is 8.96. The van der Waals surface area contributed by atoms with Crippen LogP contribution in [-0.2, 0) is 0 Å². The summed E-state index contributed by atoms with van der Waals surface area (Å²) in [6.45, 7) is 0. The summed E-state index contributed by atoms with van der Waals surface area (Å²) in [6.07, 6.45) is 0. The summed E-state index contributed by atoms with van der Waals surface area (Å²) in [6, 6.07) is 51.4. The fourth-order valence-corrected chi connectivity index (χ4v) is 5.30. The van der Waals surface area contributed by atoms with Crippen LogP contribution in [0.3, 0.4) is 0 Å². The highest BCUT2D eigenvalue weighted by molar-refractivity contribution is 6.19. The van der Waals surface area contributed by atoms with Crippen molar-refractivity contribution in [1.82, 2.24) is 0 Å². The van der Waals surface area contributed by atoms with E-state index in [1.54, 1.807) is 0 Å². The van der Waals surface area contributed by atoms with E-state index < -0.39 is 0 Å². The van der Waals surface area contributed by atoms with Crippen LogP contribution in [0.25, 0.3) is 65.7 Å². The average Bonchev–Trinajstić information content (AvgIpc) is 3.02. The zero-order valence-corrected chi connectivity index (χ0v) is 20.3. The zero-order chi connectivity index (χ0) is 24.6. The van der Waals surface area contributed by atoms with Crippen molar-refractivity contribution < 1.29 is 4.42 Å². The maximum atomic E-state index is 6.67. The van der Waals surface area contributed by atoms with Crippen molar-refractivity contribution in [2.75, 3.05) is 0 Å². The highest BCUT2D eigenvalue weighted by atomic mass is 16.3. The molecule has 0 N–H and O–H groups in total. The summed E-state index contributed by atoms with van der Waals surface area (Å²) in [7, 11) is 0. The molecule has 0 bridgehead atoms. The Bertz CT molecular complexity index is 1820. The molecular formula is C36H24O. The molecule has 7 rings (SSSR count). The monoisotopic (exact) mass is 472 g/mol. The quantitative estimate of drug-likeness (QED) is 0.244. The second-order valence-electron chi connectivity index (χ2n) is 9.35. The Morgan fingerprint density at radius 3 is 1.14 bits per heavy atom. The summed E-state index contributed by atoms with van der Waals surface area (Å²) < 4.78 is 6.67. The molecule has 0 aliphatic carbocycles. The molecule has 0 aliphatic heterocycles. The van der Waals surface area contributed by atoms with Crippen molar-refractivity contribution in [2.24, 2.45) is 0 Å². The molecule has 1 heterocycles. The van der Waals surface area contributed by atoms with E-state index in [-0.39, 0.29) is 0 Å². The highest BCUT2D eigenvalue weighted by Gasteiger charge is 2.10. The van der Waals surface area contributed by atoms with Crippen LogP contribution in [0.4, 0.5) is 0 Å². The average molecular weight is 473 g/mol. The number of hydrogen-bond donors (Lipinski definition) is 0. The number of benzene rings is 6. The van der Waals surface area contributed by atoms with Gasteiger partial charge in [-0.1, -0.05) is 121 Å². The first-order valence-electron chi connectivity index (χ1n) is 12.6. The highest BCUT2D eigenvalue weighted by Crippen LogP contribution is 2.36. The number of rotatable bonds is 2. The van der Waals surface area contributed by atoms with E-state index in [1.165, 1.54) is 43.8 Å². The van der Waals surface area contributed by atoms with E-state index in [4.69, 9.17) is 4.42 Å². The zero-order valence-electron chi connectivity index (χ0n) is 20.3. The lowest BCUT2D eigenvalue weighted by Gasteiger charge is -2.08. The van der Waals surface area contributed by atoms with E-state index in [1.807, 2.05) is 12.1 Å². The molecule has 0 fully saturated rings. The SMILES string of the molecule is c1ccc(-c2ccc3c(c2)c2ccccc2oc2ccccc2c2cc(-c4ccccc4)ccc23)cc1. The molecule has 0 spiro atoms. The minimum atomic E-state index is 0.859. The van der Waals surface area contributed by atoms with E-state index in [9.17, 15) is 0 Å². The van der Waals surface area contributed by atoms with Crippen LogP contribution in [-0.4, -0.2) is 0 Å². The molecule has 0 unspecified atom stereocenters. The van der Waals surface area contributed by atoms with Crippen molar-refractivity contribution >= 4 is 43.5 Å². The third-order valence-corrected chi connectivity index (χ3v) is 7.12. The standard InChI is InChI=1S/C36H24O/c1-3-11-25(12-4-1)27-19-21-29-30-22-20-28(26-13-5-2-6-14-26)24-34(30)32-16-8-10-18-36(32)37-35-17-9-7-15-31(35)33(29)23-27/h1-24H. The molecule has 174 valence electrons. The molecular weight excluding hydrogens is 448 g/mol. The number of hydrogen-bond acceptors (Lipinski definition) is 1. The van der Waals surface area contributed by atoms with Crippen molar-refractivity contribution in [3.8, 4) is 22.3 Å². The van der Waals surface area contributed by atoms with Crippen LogP contribution in [0.15, 0.2) is 150 Å². The lowest BCUT2D eigenvalue weighted by atomic mass is 9.95. The van der Waals surface area contributed by atoms with Gasteiger partial charge in [-0.25, -0.2) is 0 Å². The van der Waals surface area contributed by atoms with Crippen LogP contribution in [0.2, 0.25) is 0 Å². The Morgan fingerprint density at radius 1 is 0.270 bits per heavy atom. The molecule has 6 aromatic carbocycles. The predicted molar refractivity (Wildman–Crippen MR) is 157 cm³/mol. The normalized spacial score (nSPS) is 11.2. The van der Waals surface area contributed by atoms with Crippen molar-refractivity contribution in [3.63, 3.8) is 0 Å². The molecule has 7 aromatic rings. The van der Waals surface area contributed by atoms with Crippen LogP contribution < -0.4 is 0 Å². The smallest absolute Gasteiger partial charge is 0.135 e. The number of fused-ring (bicyclic) bond motifs is 7. The first-order valence-corrected chi connectivity index (χ1v) is 12.6. The fraction of sp³-hybridized carbons (Fsp3) is 0. The molecule has 1 aromatic heterocycles. The van der Waals surface area contributed by atoms with Gasteiger partial charge in [-0.05, 0) is 68.1 Å². The van der Waals surface area contributed by atoms with Crippen molar-refractivity contribution in [3.05, 3.63) is 146 Å². The molecule has 0 radical (unpaired) electrons. The summed E-state index contributed by atoms with van der Waals surface area (Å²) in [5, 5.41) is 6.90.